The van der Waals surface area contributed by atoms with Crippen molar-refractivity contribution in [3.8, 4) is 0 Å². The number of carbonyl (C=O) groups excluding carboxylic acids is 1. The van der Waals surface area contributed by atoms with E-state index in [4.69, 9.17) is 4.74 Å². The fraction of sp³-hybridized carbons (Fsp3) is 0.588. The van der Waals surface area contributed by atoms with Crippen LogP contribution in [-0.4, -0.2) is 12.6 Å². The predicted molar refractivity (Wildman–Crippen MR) is 77.2 cm³/mol. The number of rotatable bonds is 3. The standard InChI is InChI=1S/C17H22F2O2/c1-6-21-15(20)11-9-17(11,5)10-7-12(18)14(13(19)8-10)16(2,3)4/h7-8,11H,6,9H2,1-5H3. The minimum atomic E-state index is -0.600. The van der Waals surface area contributed by atoms with E-state index in [1.165, 1.54) is 12.1 Å². The molecule has 2 atom stereocenters. The summed E-state index contributed by atoms with van der Waals surface area (Å²) in [4.78, 5) is 11.8. The molecule has 1 aliphatic carbocycles. The van der Waals surface area contributed by atoms with Crippen molar-refractivity contribution < 1.29 is 18.3 Å². The smallest absolute Gasteiger partial charge is 0.309 e. The van der Waals surface area contributed by atoms with Crippen LogP contribution in [0.25, 0.3) is 0 Å². The van der Waals surface area contributed by atoms with E-state index in [1.54, 1.807) is 27.7 Å². The van der Waals surface area contributed by atoms with Gasteiger partial charge in [-0.1, -0.05) is 27.7 Å². The molecule has 21 heavy (non-hydrogen) atoms. The second kappa shape index (κ2) is 5.08. The predicted octanol–water partition coefficient (Wildman–Crippen LogP) is 4.10. The van der Waals surface area contributed by atoms with Gasteiger partial charge < -0.3 is 4.74 Å². The normalized spacial score (nSPS) is 24.8. The first kappa shape index (κ1) is 15.9. The van der Waals surface area contributed by atoms with Crippen LogP contribution < -0.4 is 0 Å². The molecule has 0 amide bonds. The third-order valence-corrected chi connectivity index (χ3v) is 4.26. The van der Waals surface area contributed by atoms with Crippen LogP contribution in [0.4, 0.5) is 8.78 Å². The summed E-state index contributed by atoms with van der Waals surface area (Å²) in [6, 6.07) is 2.73. The molecule has 2 unspecified atom stereocenters. The van der Waals surface area contributed by atoms with Crippen molar-refractivity contribution in [2.45, 2.75) is 51.9 Å². The zero-order valence-electron chi connectivity index (χ0n) is 13.2. The molecule has 2 nitrogen and oxygen atoms in total. The van der Waals surface area contributed by atoms with E-state index in [1.807, 2.05) is 6.92 Å². The first-order valence-electron chi connectivity index (χ1n) is 7.28. The van der Waals surface area contributed by atoms with Crippen LogP contribution in [0.5, 0.6) is 0 Å². The van der Waals surface area contributed by atoms with Crippen molar-refractivity contribution >= 4 is 5.97 Å². The van der Waals surface area contributed by atoms with Gasteiger partial charge in [0.15, 0.2) is 0 Å². The van der Waals surface area contributed by atoms with Gasteiger partial charge in [0.2, 0.25) is 0 Å². The first-order chi connectivity index (χ1) is 9.61. The van der Waals surface area contributed by atoms with Gasteiger partial charge >= 0.3 is 5.97 Å². The average Bonchev–Trinajstić information content (AvgIpc) is 3.01. The number of halogens is 2. The quantitative estimate of drug-likeness (QED) is 0.785. The molecule has 0 heterocycles. The molecule has 0 aliphatic heterocycles. The molecule has 1 aliphatic rings. The minimum Gasteiger partial charge on any atom is -0.466 e. The highest BCUT2D eigenvalue weighted by molar-refractivity contribution is 5.79. The molecule has 0 N–H and O–H groups in total. The molecular weight excluding hydrogens is 274 g/mol. The summed E-state index contributed by atoms with van der Waals surface area (Å²) in [6.07, 6.45) is 0.569. The Morgan fingerprint density at radius 1 is 1.33 bits per heavy atom. The molecule has 116 valence electrons. The van der Waals surface area contributed by atoms with Crippen LogP contribution in [0.3, 0.4) is 0 Å². The summed E-state index contributed by atoms with van der Waals surface area (Å²) in [5.41, 5.74) is -0.506. The number of benzene rings is 1. The van der Waals surface area contributed by atoms with E-state index in [-0.39, 0.29) is 17.5 Å². The maximum atomic E-state index is 14.3. The second-order valence-electron chi connectivity index (χ2n) is 6.99. The van der Waals surface area contributed by atoms with E-state index < -0.39 is 22.5 Å². The Morgan fingerprint density at radius 2 is 1.86 bits per heavy atom. The zero-order chi connectivity index (χ0) is 16.0. The van der Waals surface area contributed by atoms with Gasteiger partial charge in [-0.2, -0.15) is 0 Å². The van der Waals surface area contributed by atoms with Crippen LogP contribution in [-0.2, 0) is 20.4 Å². The third kappa shape index (κ3) is 2.81. The summed E-state index contributed by atoms with van der Waals surface area (Å²) < 4.78 is 33.6. The monoisotopic (exact) mass is 296 g/mol. The van der Waals surface area contributed by atoms with Crippen molar-refractivity contribution in [3.05, 3.63) is 34.9 Å². The molecule has 1 aromatic rings. The lowest BCUT2D eigenvalue weighted by atomic mass is 9.84. The molecule has 1 saturated carbocycles. The summed E-state index contributed by atoms with van der Waals surface area (Å²) in [7, 11) is 0. The number of hydrogen-bond donors (Lipinski definition) is 0. The lowest BCUT2D eigenvalue weighted by Gasteiger charge is -2.22. The van der Waals surface area contributed by atoms with Crippen LogP contribution in [0.2, 0.25) is 0 Å². The lowest BCUT2D eigenvalue weighted by Crippen LogP contribution is -2.19. The molecule has 1 fully saturated rings. The van der Waals surface area contributed by atoms with Crippen molar-refractivity contribution in [2.24, 2.45) is 5.92 Å². The van der Waals surface area contributed by atoms with Gasteiger partial charge in [-0.05, 0) is 36.5 Å². The SMILES string of the molecule is CCOC(=O)C1CC1(C)c1cc(F)c(C(C)(C)C)c(F)c1. The Hall–Kier alpha value is -1.45. The fourth-order valence-corrected chi connectivity index (χ4v) is 2.89. The summed E-state index contributed by atoms with van der Waals surface area (Å²) in [5.74, 6) is -1.70. The summed E-state index contributed by atoms with van der Waals surface area (Å²) >= 11 is 0. The van der Waals surface area contributed by atoms with Crippen LogP contribution in [0.15, 0.2) is 12.1 Å². The molecule has 1 aromatic carbocycles. The van der Waals surface area contributed by atoms with Crippen molar-refractivity contribution in [1.82, 2.24) is 0 Å². The van der Waals surface area contributed by atoms with E-state index in [2.05, 4.69) is 0 Å². The van der Waals surface area contributed by atoms with Gasteiger partial charge in [-0.15, -0.1) is 0 Å². The van der Waals surface area contributed by atoms with Crippen LogP contribution in [0, 0.1) is 17.6 Å². The first-order valence-corrected chi connectivity index (χ1v) is 7.28. The molecule has 2 rings (SSSR count). The van der Waals surface area contributed by atoms with Gasteiger partial charge in [0.05, 0.1) is 12.5 Å². The van der Waals surface area contributed by atoms with E-state index in [9.17, 15) is 13.6 Å². The van der Waals surface area contributed by atoms with E-state index in [0.29, 0.717) is 18.6 Å². The highest BCUT2D eigenvalue weighted by Crippen LogP contribution is 2.55. The molecule has 0 spiro atoms. The van der Waals surface area contributed by atoms with Gasteiger partial charge in [0.25, 0.3) is 0 Å². The summed E-state index contributed by atoms with van der Waals surface area (Å²) in [6.45, 7) is 9.23. The Morgan fingerprint density at radius 3 is 2.29 bits per heavy atom. The number of ether oxygens (including phenoxy) is 1. The highest BCUT2D eigenvalue weighted by Gasteiger charge is 2.57. The third-order valence-electron chi connectivity index (χ3n) is 4.26. The number of carbonyl (C=O) groups is 1. The minimum absolute atomic E-state index is 0.0863. The van der Waals surface area contributed by atoms with Crippen molar-refractivity contribution in [2.75, 3.05) is 6.61 Å². The molecule has 0 radical (unpaired) electrons. The molecular formula is C17H22F2O2. The second-order valence-corrected chi connectivity index (χ2v) is 6.99. The van der Waals surface area contributed by atoms with Crippen LogP contribution >= 0.6 is 0 Å². The maximum absolute atomic E-state index is 14.3. The van der Waals surface area contributed by atoms with Crippen LogP contribution in [0.1, 0.15) is 52.2 Å². The number of hydrogen-bond acceptors (Lipinski definition) is 2. The average molecular weight is 296 g/mol. The maximum Gasteiger partial charge on any atom is 0.309 e. The topological polar surface area (TPSA) is 26.3 Å². The van der Waals surface area contributed by atoms with Gasteiger partial charge in [0, 0.05) is 11.0 Å². The number of esters is 1. The Labute approximate surface area is 124 Å². The zero-order valence-corrected chi connectivity index (χ0v) is 13.2. The van der Waals surface area contributed by atoms with E-state index >= 15 is 0 Å². The van der Waals surface area contributed by atoms with Crippen molar-refractivity contribution in [1.29, 1.82) is 0 Å². The molecule has 4 heteroatoms. The molecule has 0 bridgehead atoms. The molecule has 0 saturated heterocycles. The molecule has 0 aromatic heterocycles. The highest BCUT2D eigenvalue weighted by atomic mass is 19.1. The Balaban J connectivity index is 2.34. The van der Waals surface area contributed by atoms with E-state index in [0.717, 1.165) is 0 Å². The Kier molecular flexibility index (Phi) is 3.85. The lowest BCUT2D eigenvalue weighted by molar-refractivity contribution is -0.145. The van der Waals surface area contributed by atoms with Crippen molar-refractivity contribution in [3.63, 3.8) is 0 Å². The van der Waals surface area contributed by atoms with Gasteiger partial charge in [-0.3, -0.25) is 4.79 Å². The largest absolute Gasteiger partial charge is 0.466 e. The van der Waals surface area contributed by atoms with Gasteiger partial charge in [0.1, 0.15) is 11.6 Å². The summed E-state index contributed by atoms with van der Waals surface area (Å²) in [5, 5.41) is 0. The Bertz CT molecular complexity index is 552. The van der Waals surface area contributed by atoms with Gasteiger partial charge in [-0.25, -0.2) is 8.78 Å². The fourth-order valence-electron chi connectivity index (χ4n) is 2.89.